The van der Waals surface area contributed by atoms with Gasteiger partial charge in [0.05, 0.1) is 25.6 Å². The minimum Gasteiger partial charge on any atom is -0.495 e. The number of benzene rings is 2. The third-order valence-corrected chi connectivity index (χ3v) is 5.79. The van der Waals surface area contributed by atoms with Crippen molar-refractivity contribution in [3.05, 3.63) is 52.5 Å². The predicted octanol–water partition coefficient (Wildman–Crippen LogP) is 3.32. The Bertz CT molecular complexity index is 990. The van der Waals surface area contributed by atoms with Crippen LogP contribution in [0.25, 0.3) is 0 Å². The first-order valence-electron chi connectivity index (χ1n) is 9.34. The van der Waals surface area contributed by atoms with Crippen LogP contribution in [0.1, 0.15) is 18.1 Å². The molecule has 1 amide bonds. The normalized spacial score (nSPS) is 12.2. The monoisotopic (exact) mass is 454 g/mol. The second-order valence-electron chi connectivity index (χ2n) is 7.01. The van der Waals surface area contributed by atoms with E-state index in [4.69, 9.17) is 21.1 Å². The van der Waals surface area contributed by atoms with Gasteiger partial charge in [0.15, 0.2) is 0 Å². The van der Waals surface area contributed by atoms with Gasteiger partial charge in [-0.05, 0) is 62.2 Å². The van der Waals surface area contributed by atoms with Crippen LogP contribution < -0.4 is 19.1 Å². The third-order valence-electron chi connectivity index (χ3n) is 4.33. The first kappa shape index (κ1) is 23.8. The van der Waals surface area contributed by atoms with Crippen LogP contribution in [0.3, 0.4) is 0 Å². The first-order valence-corrected chi connectivity index (χ1v) is 11.6. The van der Waals surface area contributed by atoms with Crippen LogP contribution in [0.2, 0.25) is 5.02 Å². The molecule has 0 bridgehead atoms. The molecule has 0 spiro atoms. The molecule has 2 aromatic carbocycles. The van der Waals surface area contributed by atoms with Crippen LogP contribution in [0.4, 0.5) is 5.69 Å². The number of hydrogen-bond acceptors (Lipinski definition) is 5. The molecule has 0 aliphatic carbocycles. The van der Waals surface area contributed by atoms with Crippen LogP contribution >= 0.6 is 11.6 Å². The maximum Gasteiger partial charge on any atom is 0.243 e. The highest BCUT2D eigenvalue weighted by Crippen LogP contribution is 2.34. The van der Waals surface area contributed by atoms with Crippen molar-refractivity contribution in [2.45, 2.75) is 26.8 Å². The molecule has 0 saturated carbocycles. The standard InChI is InChI=1S/C21H27ClN2O5S/c1-14-10-15(2)12-18(11-14)29-9-8-23-21(25)16(3)24(30(5,26)27)19-13-17(22)6-7-20(19)28-4/h6-7,10-13,16H,8-9H2,1-5H3,(H,23,25)/t16-/m0/s1. The summed E-state index contributed by atoms with van der Waals surface area (Å²) in [4.78, 5) is 12.7. The van der Waals surface area contributed by atoms with E-state index in [0.717, 1.165) is 27.4 Å². The van der Waals surface area contributed by atoms with Gasteiger partial charge in [0, 0.05) is 5.02 Å². The number of nitrogens with one attached hydrogen (secondary N) is 1. The van der Waals surface area contributed by atoms with E-state index in [-0.39, 0.29) is 18.8 Å². The summed E-state index contributed by atoms with van der Waals surface area (Å²) in [6, 6.07) is 9.43. The zero-order valence-corrected chi connectivity index (χ0v) is 19.3. The molecule has 30 heavy (non-hydrogen) atoms. The third kappa shape index (κ3) is 6.27. The second-order valence-corrected chi connectivity index (χ2v) is 9.31. The number of aryl methyl sites for hydroxylation is 2. The maximum atomic E-state index is 12.7. The lowest BCUT2D eigenvalue weighted by Crippen LogP contribution is -2.48. The van der Waals surface area contributed by atoms with E-state index < -0.39 is 22.0 Å². The van der Waals surface area contributed by atoms with Gasteiger partial charge in [0.1, 0.15) is 24.1 Å². The van der Waals surface area contributed by atoms with Crippen molar-refractivity contribution < 1.29 is 22.7 Å². The molecule has 0 aromatic heterocycles. The van der Waals surface area contributed by atoms with E-state index in [1.165, 1.54) is 20.1 Å². The van der Waals surface area contributed by atoms with Gasteiger partial charge >= 0.3 is 0 Å². The summed E-state index contributed by atoms with van der Waals surface area (Å²) in [6.45, 7) is 5.93. The number of halogens is 1. The minimum absolute atomic E-state index is 0.196. The highest BCUT2D eigenvalue weighted by Gasteiger charge is 2.31. The SMILES string of the molecule is COc1ccc(Cl)cc1N([C@@H](C)C(=O)NCCOc1cc(C)cc(C)c1)S(C)(=O)=O. The lowest BCUT2D eigenvalue weighted by Gasteiger charge is -2.29. The Morgan fingerprint density at radius 1 is 1.17 bits per heavy atom. The molecule has 164 valence electrons. The van der Waals surface area contributed by atoms with Crippen molar-refractivity contribution in [3.63, 3.8) is 0 Å². The fourth-order valence-electron chi connectivity index (χ4n) is 3.12. The zero-order valence-electron chi connectivity index (χ0n) is 17.7. The predicted molar refractivity (Wildman–Crippen MR) is 119 cm³/mol. The maximum absolute atomic E-state index is 12.7. The van der Waals surface area contributed by atoms with Crippen molar-refractivity contribution in [3.8, 4) is 11.5 Å². The average molecular weight is 455 g/mol. The van der Waals surface area contributed by atoms with Gasteiger partial charge in [-0.25, -0.2) is 8.42 Å². The Morgan fingerprint density at radius 3 is 2.37 bits per heavy atom. The van der Waals surface area contributed by atoms with Crippen LogP contribution in [0.15, 0.2) is 36.4 Å². The van der Waals surface area contributed by atoms with E-state index in [2.05, 4.69) is 5.32 Å². The highest BCUT2D eigenvalue weighted by atomic mass is 35.5. The Labute approximate surface area is 183 Å². The first-order chi connectivity index (χ1) is 14.0. The summed E-state index contributed by atoms with van der Waals surface area (Å²) in [5, 5.41) is 3.04. The molecule has 0 unspecified atom stereocenters. The molecule has 2 aromatic rings. The molecular formula is C21H27ClN2O5S. The Morgan fingerprint density at radius 2 is 1.80 bits per heavy atom. The fraction of sp³-hybridized carbons (Fsp3) is 0.381. The van der Waals surface area contributed by atoms with Gasteiger partial charge in [0.2, 0.25) is 15.9 Å². The lowest BCUT2D eigenvalue weighted by atomic mass is 10.1. The van der Waals surface area contributed by atoms with Gasteiger partial charge in [-0.1, -0.05) is 17.7 Å². The number of anilines is 1. The molecule has 0 aliphatic rings. The number of methoxy groups -OCH3 is 1. The molecule has 0 radical (unpaired) electrons. The lowest BCUT2D eigenvalue weighted by molar-refractivity contribution is -0.121. The van der Waals surface area contributed by atoms with Crippen molar-refractivity contribution in [1.29, 1.82) is 0 Å². The highest BCUT2D eigenvalue weighted by molar-refractivity contribution is 7.92. The van der Waals surface area contributed by atoms with Gasteiger partial charge in [0.25, 0.3) is 0 Å². The van der Waals surface area contributed by atoms with Crippen LogP contribution in [0.5, 0.6) is 11.5 Å². The second kappa shape index (κ2) is 10.0. The molecule has 1 N–H and O–H groups in total. The number of amides is 1. The van der Waals surface area contributed by atoms with Gasteiger partial charge in [-0.2, -0.15) is 0 Å². The molecule has 1 atom stereocenters. The summed E-state index contributed by atoms with van der Waals surface area (Å²) in [7, 11) is -2.37. The van der Waals surface area contributed by atoms with E-state index >= 15 is 0 Å². The largest absolute Gasteiger partial charge is 0.495 e. The molecule has 0 aliphatic heterocycles. The number of rotatable bonds is 9. The number of hydrogen-bond donors (Lipinski definition) is 1. The number of sulfonamides is 1. The summed E-state index contributed by atoms with van der Waals surface area (Å²) >= 11 is 6.04. The number of nitrogens with zero attached hydrogens (tertiary/aromatic N) is 1. The molecule has 0 fully saturated rings. The molecular weight excluding hydrogens is 428 g/mol. The Kier molecular flexibility index (Phi) is 7.97. The number of carbonyl (C=O) groups excluding carboxylic acids is 1. The zero-order chi connectivity index (χ0) is 22.5. The molecule has 0 heterocycles. The quantitative estimate of drug-likeness (QED) is 0.587. The Hall–Kier alpha value is -2.45. The number of carbonyl (C=O) groups is 1. The van der Waals surface area contributed by atoms with Crippen LogP contribution in [-0.4, -0.2) is 46.9 Å². The van der Waals surface area contributed by atoms with Crippen LogP contribution in [0, 0.1) is 13.8 Å². The molecule has 0 saturated heterocycles. The minimum atomic E-state index is -3.79. The van der Waals surface area contributed by atoms with E-state index in [1.807, 2.05) is 32.0 Å². The fourth-order valence-corrected chi connectivity index (χ4v) is 4.46. The Balaban J connectivity index is 2.08. The summed E-state index contributed by atoms with van der Waals surface area (Å²) < 4.78 is 36.9. The van der Waals surface area contributed by atoms with Gasteiger partial charge in [-0.3, -0.25) is 9.10 Å². The van der Waals surface area contributed by atoms with Crippen molar-refractivity contribution in [2.24, 2.45) is 0 Å². The molecule has 9 heteroatoms. The van der Waals surface area contributed by atoms with E-state index in [9.17, 15) is 13.2 Å². The van der Waals surface area contributed by atoms with Gasteiger partial charge < -0.3 is 14.8 Å². The van der Waals surface area contributed by atoms with E-state index in [1.54, 1.807) is 12.1 Å². The average Bonchev–Trinajstić information content (AvgIpc) is 2.63. The topological polar surface area (TPSA) is 84.9 Å². The van der Waals surface area contributed by atoms with Crippen molar-refractivity contribution >= 4 is 33.2 Å². The molecule has 2 rings (SSSR count). The van der Waals surface area contributed by atoms with Gasteiger partial charge in [-0.15, -0.1) is 0 Å². The smallest absolute Gasteiger partial charge is 0.243 e. The summed E-state index contributed by atoms with van der Waals surface area (Å²) in [5.74, 6) is 0.547. The van der Waals surface area contributed by atoms with Crippen molar-refractivity contribution in [1.82, 2.24) is 5.32 Å². The summed E-state index contributed by atoms with van der Waals surface area (Å²) in [6.07, 6.45) is 1.03. The molecule has 7 nitrogen and oxygen atoms in total. The summed E-state index contributed by atoms with van der Waals surface area (Å²) in [5.41, 5.74) is 2.37. The van der Waals surface area contributed by atoms with Crippen LogP contribution in [-0.2, 0) is 14.8 Å². The number of ether oxygens (including phenoxy) is 2. The van der Waals surface area contributed by atoms with Crippen molar-refractivity contribution in [2.75, 3.05) is 30.8 Å². The van der Waals surface area contributed by atoms with E-state index in [0.29, 0.717) is 10.8 Å².